The van der Waals surface area contributed by atoms with E-state index in [0.717, 1.165) is 45.7 Å². The van der Waals surface area contributed by atoms with Crippen LogP contribution in [-0.2, 0) is 11.3 Å². The second-order valence-corrected chi connectivity index (χ2v) is 6.94. The number of benzene rings is 2. The van der Waals surface area contributed by atoms with E-state index >= 15 is 0 Å². The minimum Gasteiger partial charge on any atom is -0.369 e. The van der Waals surface area contributed by atoms with Gasteiger partial charge in [0, 0.05) is 51.9 Å². The molecule has 1 saturated heterocycles. The first-order valence-electron chi connectivity index (χ1n) is 9.54. The van der Waals surface area contributed by atoms with Crippen molar-refractivity contribution in [3.63, 3.8) is 0 Å². The first kappa shape index (κ1) is 18.5. The number of para-hydroxylation sites is 1. The van der Waals surface area contributed by atoms with Crippen molar-refractivity contribution in [2.75, 3.05) is 44.2 Å². The molecular formula is C22H29N3O. The number of rotatable bonds is 7. The number of hydrogen-bond acceptors (Lipinski definition) is 3. The topological polar surface area (TPSA) is 26.8 Å². The van der Waals surface area contributed by atoms with Gasteiger partial charge in [0.05, 0.1) is 0 Å². The lowest BCUT2D eigenvalue weighted by Crippen LogP contribution is -2.47. The molecule has 1 aliphatic heterocycles. The third kappa shape index (κ3) is 5.33. The fraction of sp³-hybridized carbons (Fsp3) is 0.409. The van der Waals surface area contributed by atoms with Crippen molar-refractivity contribution in [2.45, 2.75) is 19.9 Å². The molecule has 4 heteroatoms. The highest BCUT2D eigenvalue weighted by Crippen LogP contribution is 2.15. The van der Waals surface area contributed by atoms with Crippen LogP contribution in [0.3, 0.4) is 0 Å². The summed E-state index contributed by atoms with van der Waals surface area (Å²) >= 11 is 0. The van der Waals surface area contributed by atoms with Crippen molar-refractivity contribution in [1.82, 2.24) is 9.80 Å². The molecule has 0 radical (unpaired) electrons. The van der Waals surface area contributed by atoms with Crippen LogP contribution in [0.5, 0.6) is 0 Å². The molecule has 2 aromatic carbocycles. The minimum absolute atomic E-state index is 0.155. The zero-order valence-corrected chi connectivity index (χ0v) is 15.7. The van der Waals surface area contributed by atoms with Gasteiger partial charge in [-0.1, -0.05) is 48.5 Å². The van der Waals surface area contributed by atoms with E-state index in [2.05, 4.69) is 52.3 Å². The van der Waals surface area contributed by atoms with Gasteiger partial charge in [-0.15, -0.1) is 0 Å². The Hall–Kier alpha value is -2.33. The van der Waals surface area contributed by atoms with Crippen LogP contribution in [0.25, 0.3) is 0 Å². The number of nitrogens with zero attached hydrogens (tertiary/aromatic N) is 3. The van der Waals surface area contributed by atoms with E-state index in [1.54, 1.807) is 6.92 Å². The number of amides is 1. The highest BCUT2D eigenvalue weighted by molar-refractivity contribution is 5.73. The number of hydrogen-bond donors (Lipinski definition) is 0. The summed E-state index contributed by atoms with van der Waals surface area (Å²) in [6, 6.07) is 20.9. The Kier molecular flexibility index (Phi) is 6.67. The van der Waals surface area contributed by atoms with Crippen molar-refractivity contribution < 1.29 is 4.79 Å². The quantitative estimate of drug-likeness (QED) is 0.766. The van der Waals surface area contributed by atoms with Gasteiger partial charge in [0.25, 0.3) is 0 Å². The van der Waals surface area contributed by atoms with Gasteiger partial charge in [-0.25, -0.2) is 0 Å². The molecule has 26 heavy (non-hydrogen) atoms. The fourth-order valence-corrected chi connectivity index (χ4v) is 3.51. The lowest BCUT2D eigenvalue weighted by molar-refractivity contribution is -0.129. The van der Waals surface area contributed by atoms with Crippen molar-refractivity contribution >= 4 is 11.6 Å². The SMILES string of the molecule is CC(=O)N(CCCN1CCN(c2ccccc2)CC1)Cc1ccccc1. The summed E-state index contributed by atoms with van der Waals surface area (Å²) in [6.07, 6.45) is 1.03. The summed E-state index contributed by atoms with van der Waals surface area (Å²) in [5, 5.41) is 0. The third-order valence-corrected chi connectivity index (χ3v) is 5.06. The Bertz CT molecular complexity index is 666. The van der Waals surface area contributed by atoms with Gasteiger partial charge in [0.1, 0.15) is 0 Å². The van der Waals surface area contributed by atoms with Crippen molar-refractivity contribution in [2.24, 2.45) is 0 Å². The van der Waals surface area contributed by atoms with E-state index in [1.165, 1.54) is 11.3 Å². The molecule has 0 N–H and O–H groups in total. The summed E-state index contributed by atoms with van der Waals surface area (Å²) in [4.78, 5) is 18.9. The molecular weight excluding hydrogens is 322 g/mol. The van der Waals surface area contributed by atoms with Crippen molar-refractivity contribution in [3.05, 3.63) is 66.2 Å². The van der Waals surface area contributed by atoms with Gasteiger partial charge in [-0.2, -0.15) is 0 Å². The minimum atomic E-state index is 0.155. The number of piperazine rings is 1. The Morgan fingerprint density at radius 1 is 0.923 bits per heavy atom. The smallest absolute Gasteiger partial charge is 0.219 e. The maximum atomic E-state index is 11.9. The van der Waals surface area contributed by atoms with Crippen LogP contribution >= 0.6 is 0 Å². The van der Waals surface area contributed by atoms with E-state index in [-0.39, 0.29) is 5.91 Å². The molecule has 138 valence electrons. The van der Waals surface area contributed by atoms with E-state index < -0.39 is 0 Å². The second-order valence-electron chi connectivity index (χ2n) is 6.94. The largest absolute Gasteiger partial charge is 0.369 e. The highest BCUT2D eigenvalue weighted by Gasteiger charge is 2.17. The molecule has 4 nitrogen and oxygen atoms in total. The zero-order chi connectivity index (χ0) is 18.2. The van der Waals surface area contributed by atoms with Crippen molar-refractivity contribution in [1.29, 1.82) is 0 Å². The molecule has 3 rings (SSSR count). The molecule has 1 heterocycles. The lowest BCUT2D eigenvalue weighted by atomic mass is 10.2. The predicted octanol–water partition coefficient (Wildman–Crippen LogP) is 3.25. The molecule has 0 unspecified atom stereocenters. The van der Waals surface area contributed by atoms with Gasteiger partial charge in [0.2, 0.25) is 5.91 Å². The molecule has 0 saturated carbocycles. The normalized spacial score (nSPS) is 15.0. The average molecular weight is 351 g/mol. The first-order valence-corrected chi connectivity index (χ1v) is 9.54. The van der Waals surface area contributed by atoms with E-state index in [1.807, 2.05) is 23.1 Å². The number of carbonyl (C=O) groups excluding carboxylic acids is 1. The van der Waals surface area contributed by atoms with Gasteiger partial charge < -0.3 is 9.80 Å². The Labute approximate surface area is 157 Å². The Morgan fingerprint density at radius 3 is 2.15 bits per heavy atom. The van der Waals surface area contributed by atoms with E-state index in [0.29, 0.717) is 6.54 Å². The maximum absolute atomic E-state index is 11.9. The van der Waals surface area contributed by atoms with Gasteiger partial charge in [-0.3, -0.25) is 9.69 Å². The van der Waals surface area contributed by atoms with Gasteiger partial charge >= 0.3 is 0 Å². The summed E-state index contributed by atoms with van der Waals surface area (Å²) in [5.74, 6) is 0.155. The second kappa shape index (κ2) is 9.39. The van der Waals surface area contributed by atoms with Crippen LogP contribution in [-0.4, -0.2) is 55.0 Å². The predicted molar refractivity (Wildman–Crippen MR) is 107 cm³/mol. The zero-order valence-electron chi connectivity index (χ0n) is 15.7. The molecule has 0 aromatic heterocycles. The third-order valence-electron chi connectivity index (χ3n) is 5.06. The molecule has 1 fully saturated rings. The molecule has 1 aliphatic rings. The number of carbonyl (C=O) groups is 1. The highest BCUT2D eigenvalue weighted by atomic mass is 16.2. The molecule has 0 aliphatic carbocycles. The van der Waals surface area contributed by atoms with Crippen molar-refractivity contribution in [3.8, 4) is 0 Å². The Balaban J connectivity index is 1.41. The standard InChI is InChI=1S/C22H29N3O/c1-20(26)25(19-21-9-4-2-5-10-21)14-8-13-23-15-17-24(18-16-23)22-11-6-3-7-12-22/h2-7,9-12H,8,13-19H2,1H3. The number of anilines is 1. The molecule has 1 amide bonds. The Morgan fingerprint density at radius 2 is 1.54 bits per heavy atom. The van der Waals surface area contributed by atoms with E-state index in [4.69, 9.17) is 0 Å². The van der Waals surface area contributed by atoms with Crippen LogP contribution in [0, 0.1) is 0 Å². The summed E-state index contributed by atoms with van der Waals surface area (Å²) in [5.41, 5.74) is 2.51. The summed E-state index contributed by atoms with van der Waals surface area (Å²) in [7, 11) is 0. The fourth-order valence-electron chi connectivity index (χ4n) is 3.51. The molecule has 0 atom stereocenters. The monoisotopic (exact) mass is 351 g/mol. The van der Waals surface area contributed by atoms with Gasteiger partial charge in [-0.05, 0) is 30.7 Å². The summed E-state index contributed by atoms with van der Waals surface area (Å²) < 4.78 is 0. The van der Waals surface area contributed by atoms with Crippen LogP contribution in [0.2, 0.25) is 0 Å². The average Bonchev–Trinajstić information content (AvgIpc) is 2.69. The lowest BCUT2D eigenvalue weighted by Gasteiger charge is -2.36. The maximum Gasteiger partial charge on any atom is 0.219 e. The summed E-state index contributed by atoms with van der Waals surface area (Å²) in [6.45, 7) is 8.58. The van der Waals surface area contributed by atoms with E-state index in [9.17, 15) is 4.79 Å². The molecule has 0 bridgehead atoms. The van der Waals surface area contributed by atoms with Crippen LogP contribution in [0.1, 0.15) is 18.9 Å². The van der Waals surface area contributed by atoms with Crippen LogP contribution in [0.15, 0.2) is 60.7 Å². The van der Waals surface area contributed by atoms with Crippen LogP contribution in [0.4, 0.5) is 5.69 Å². The van der Waals surface area contributed by atoms with Gasteiger partial charge in [0.15, 0.2) is 0 Å². The van der Waals surface area contributed by atoms with Crippen LogP contribution < -0.4 is 4.90 Å². The molecule has 0 spiro atoms. The first-order chi connectivity index (χ1) is 12.7. The molecule has 2 aromatic rings.